The molecule has 1 N–H and O–H groups in total. The standard InChI is InChI=1S/C16H26N2/c1-13-15(11-17-16-7-8-16)9-10-18(13)12-14-5-3-2-4-6-14/h9-10,14,16-17H,2-8,11-12H2,1H3. The van der Waals surface area contributed by atoms with E-state index in [0.717, 1.165) is 18.5 Å². The molecule has 0 radical (unpaired) electrons. The van der Waals surface area contributed by atoms with Gasteiger partial charge in [-0.2, -0.15) is 0 Å². The molecule has 2 heteroatoms. The van der Waals surface area contributed by atoms with Crippen LogP contribution >= 0.6 is 0 Å². The second-order valence-corrected chi connectivity index (χ2v) is 6.24. The van der Waals surface area contributed by atoms with Crippen molar-refractivity contribution in [1.82, 2.24) is 9.88 Å². The van der Waals surface area contributed by atoms with Gasteiger partial charge in [0.2, 0.25) is 0 Å². The van der Waals surface area contributed by atoms with E-state index in [4.69, 9.17) is 0 Å². The van der Waals surface area contributed by atoms with Crippen molar-refractivity contribution < 1.29 is 0 Å². The van der Waals surface area contributed by atoms with Crippen molar-refractivity contribution in [2.75, 3.05) is 0 Å². The highest BCUT2D eigenvalue weighted by atomic mass is 15.0. The fraction of sp³-hybridized carbons (Fsp3) is 0.750. The predicted molar refractivity (Wildman–Crippen MR) is 75.6 cm³/mol. The molecule has 0 atom stereocenters. The molecule has 2 nitrogen and oxygen atoms in total. The van der Waals surface area contributed by atoms with E-state index in [1.807, 2.05) is 0 Å². The normalized spacial score (nSPS) is 21.4. The van der Waals surface area contributed by atoms with Crippen LogP contribution in [0.2, 0.25) is 0 Å². The second-order valence-electron chi connectivity index (χ2n) is 6.24. The molecule has 2 fully saturated rings. The molecule has 0 aromatic carbocycles. The Labute approximate surface area is 111 Å². The molecule has 0 aliphatic heterocycles. The molecule has 0 bridgehead atoms. The van der Waals surface area contributed by atoms with Crippen LogP contribution in [0.15, 0.2) is 12.3 Å². The van der Waals surface area contributed by atoms with E-state index in [2.05, 4.69) is 29.1 Å². The van der Waals surface area contributed by atoms with Crippen LogP contribution < -0.4 is 5.32 Å². The number of nitrogens with one attached hydrogen (secondary N) is 1. The lowest BCUT2D eigenvalue weighted by Crippen LogP contribution is -2.17. The third-order valence-electron chi connectivity index (χ3n) is 4.69. The first kappa shape index (κ1) is 12.3. The lowest BCUT2D eigenvalue weighted by molar-refractivity contribution is 0.317. The molecule has 1 aromatic rings. The van der Waals surface area contributed by atoms with Crippen molar-refractivity contribution in [3.8, 4) is 0 Å². The number of aromatic nitrogens is 1. The van der Waals surface area contributed by atoms with Gasteiger partial charge in [0.1, 0.15) is 0 Å². The zero-order valence-corrected chi connectivity index (χ0v) is 11.6. The number of rotatable bonds is 5. The second kappa shape index (κ2) is 5.48. The zero-order valence-electron chi connectivity index (χ0n) is 11.6. The Morgan fingerprint density at radius 3 is 2.67 bits per heavy atom. The van der Waals surface area contributed by atoms with Crippen LogP contribution in [0.4, 0.5) is 0 Å². The molecule has 3 rings (SSSR count). The topological polar surface area (TPSA) is 17.0 Å². The first-order valence-electron chi connectivity index (χ1n) is 7.71. The van der Waals surface area contributed by atoms with E-state index < -0.39 is 0 Å². The van der Waals surface area contributed by atoms with Gasteiger partial charge in [0.15, 0.2) is 0 Å². The number of nitrogens with zero attached hydrogens (tertiary/aromatic N) is 1. The smallest absolute Gasteiger partial charge is 0.0250 e. The fourth-order valence-electron chi connectivity index (χ4n) is 3.17. The van der Waals surface area contributed by atoms with Gasteiger partial charge in [-0.1, -0.05) is 19.3 Å². The van der Waals surface area contributed by atoms with E-state index >= 15 is 0 Å². The molecule has 100 valence electrons. The summed E-state index contributed by atoms with van der Waals surface area (Å²) in [6, 6.07) is 3.12. The highest BCUT2D eigenvalue weighted by Crippen LogP contribution is 2.26. The lowest BCUT2D eigenvalue weighted by Gasteiger charge is -2.22. The minimum Gasteiger partial charge on any atom is -0.351 e. The summed E-state index contributed by atoms with van der Waals surface area (Å²) in [5.41, 5.74) is 2.98. The molecular formula is C16H26N2. The summed E-state index contributed by atoms with van der Waals surface area (Å²) in [5.74, 6) is 0.925. The van der Waals surface area contributed by atoms with Gasteiger partial charge in [-0.05, 0) is 50.2 Å². The quantitative estimate of drug-likeness (QED) is 0.839. The van der Waals surface area contributed by atoms with Gasteiger partial charge in [0.05, 0.1) is 0 Å². The monoisotopic (exact) mass is 246 g/mol. The summed E-state index contributed by atoms with van der Waals surface area (Å²) in [5, 5.41) is 3.62. The highest BCUT2D eigenvalue weighted by Gasteiger charge is 2.21. The Hall–Kier alpha value is -0.760. The molecule has 0 spiro atoms. The lowest BCUT2D eigenvalue weighted by atomic mass is 9.89. The van der Waals surface area contributed by atoms with Gasteiger partial charge in [-0.25, -0.2) is 0 Å². The summed E-state index contributed by atoms with van der Waals surface area (Å²) in [6.07, 6.45) is 12.3. The maximum Gasteiger partial charge on any atom is 0.0250 e. The maximum absolute atomic E-state index is 3.62. The van der Waals surface area contributed by atoms with E-state index in [0.29, 0.717) is 0 Å². The van der Waals surface area contributed by atoms with Crippen LogP contribution in [0, 0.1) is 12.8 Å². The van der Waals surface area contributed by atoms with Gasteiger partial charge in [0.25, 0.3) is 0 Å². The average Bonchev–Trinajstić information content (AvgIpc) is 3.16. The molecule has 0 saturated heterocycles. The Kier molecular flexibility index (Phi) is 3.74. The largest absolute Gasteiger partial charge is 0.351 e. The van der Waals surface area contributed by atoms with Gasteiger partial charge < -0.3 is 9.88 Å². The Balaban J connectivity index is 1.57. The van der Waals surface area contributed by atoms with Crippen LogP contribution in [0.1, 0.15) is 56.2 Å². The van der Waals surface area contributed by atoms with Crippen molar-refractivity contribution in [1.29, 1.82) is 0 Å². The molecule has 2 aliphatic rings. The molecule has 0 amide bonds. The fourth-order valence-corrected chi connectivity index (χ4v) is 3.17. The number of hydrogen-bond donors (Lipinski definition) is 1. The van der Waals surface area contributed by atoms with Gasteiger partial charge in [-0.15, -0.1) is 0 Å². The average molecular weight is 246 g/mol. The molecule has 2 aliphatic carbocycles. The summed E-state index contributed by atoms with van der Waals surface area (Å²) < 4.78 is 2.49. The van der Waals surface area contributed by atoms with Crippen molar-refractivity contribution in [2.45, 2.75) is 71.0 Å². The summed E-state index contributed by atoms with van der Waals surface area (Å²) >= 11 is 0. The number of hydrogen-bond acceptors (Lipinski definition) is 1. The van der Waals surface area contributed by atoms with Crippen molar-refractivity contribution in [3.63, 3.8) is 0 Å². The minimum absolute atomic E-state index is 0.811. The van der Waals surface area contributed by atoms with Crippen molar-refractivity contribution in [2.24, 2.45) is 5.92 Å². The molecule has 1 heterocycles. The SMILES string of the molecule is Cc1c(CNC2CC2)ccn1CC1CCCCC1. The van der Waals surface area contributed by atoms with Crippen LogP contribution in [0.5, 0.6) is 0 Å². The minimum atomic E-state index is 0.811. The first-order valence-corrected chi connectivity index (χ1v) is 7.71. The Morgan fingerprint density at radius 2 is 1.94 bits per heavy atom. The van der Waals surface area contributed by atoms with Crippen LogP contribution in [0.25, 0.3) is 0 Å². The summed E-state index contributed by atoms with van der Waals surface area (Å²) in [7, 11) is 0. The van der Waals surface area contributed by atoms with E-state index in [1.165, 1.54) is 62.7 Å². The van der Waals surface area contributed by atoms with Crippen LogP contribution in [-0.2, 0) is 13.1 Å². The van der Waals surface area contributed by atoms with Gasteiger partial charge in [-0.3, -0.25) is 0 Å². The van der Waals surface area contributed by atoms with Crippen LogP contribution in [-0.4, -0.2) is 10.6 Å². The molecule has 2 saturated carbocycles. The van der Waals surface area contributed by atoms with Crippen molar-refractivity contribution in [3.05, 3.63) is 23.5 Å². The Morgan fingerprint density at radius 1 is 1.17 bits per heavy atom. The van der Waals surface area contributed by atoms with Crippen LogP contribution in [0.3, 0.4) is 0 Å². The first-order chi connectivity index (χ1) is 8.83. The van der Waals surface area contributed by atoms with E-state index in [9.17, 15) is 0 Å². The molecular weight excluding hydrogens is 220 g/mol. The third-order valence-corrected chi connectivity index (χ3v) is 4.69. The predicted octanol–water partition coefficient (Wildman–Crippen LogP) is 3.63. The Bertz CT molecular complexity index is 384. The maximum atomic E-state index is 3.62. The molecule has 1 aromatic heterocycles. The third kappa shape index (κ3) is 2.97. The highest BCUT2D eigenvalue weighted by molar-refractivity contribution is 5.21. The van der Waals surface area contributed by atoms with Crippen molar-refractivity contribution >= 4 is 0 Å². The summed E-state index contributed by atoms with van der Waals surface area (Å²) in [4.78, 5) is 0. The van der Waals surface area contributed by atoms with E-state index in [1.54, 1.807) is 0 Å². The summed E-state index contributed by atoms with van der Waals surface area (Å²) in [6.45, 7) is 4.59. The van der Waals surface area contributed by atoms with Gasteiger partial charge >= 0.3 is 0 Å². The molecule has 18 heavy (non-hydrogen) atoms. The zero-order chi connectivity index (χ0) is 12.4. The molecule has 0 unspecified atom stereocenters. The van der Waals surface area contributed by atoms with E-state index in [-0.39, 0.29) is 0 Å². The van der Waals surface area contributed by atoms with Gasteiger partial charge in [0, 0.05) is 31.0 Å².